The number of amides is 2. The Morgan fingerprint density at radius 1 is 1.18 bits per heavy atom. The van der Waals surface area contributed by atoms with E-state index in [1.807, 2.05) is 4.90 Å². The minimum Gasteiger partial charge on any atom is -0.342 e. The van der Waals surface area contributed by atoms with E-state index in [1.54, 1.807) is 11.0 Å². The molecule has 0 unspecified atom stereocenters. The van der Waals surface area contributed by atoms with Crippen LogP contribution in [-0.4, -0.2) is 62.1 Å². The number of carbonyl (C=O) groups excluding carboxylic acids is 2. The number of likely N-dealkylation sites (tertiary alicyclic amines) is 2. The zero-order valence-corrected chi connectivity index (χ0v) is 16.6. The Labute approximate surface area is 166 Å². The van der Waals surface area contributed by atoms with Gasteiger partial charge < -0.3 is 9.80 Å². The van der Waals surface area contributed by atoms with Crippen LogP contribution in [0.5, 0.6) is 0 Å². The van der Waals surface area contributed by atoms with Crippen LogP contribution >= 0.6 is 0 Å². The van der Waals surface area contributed by atoms with Crippen LogP contribution in [0, 0.1) is 5.92 Å². The second-order valence-corrected chi connectivity index (χ2v) is 8.35. The van der Waals surface area contributed by atoms with Crippen molar-refractivity contribution in [3.63, 3.8) is 0 Å². The molecule has 0 N–H and O–H groups in total. The molecule has 1 aromatic rings. The van der Waals surface area contributed by atoms with Crippen LogP contribution in [0.1, 0.15) is 57.8 Å². The van der Waals surface area contributed by atoms with Crippen molar-refractivity contribution in [3.05, 3.63) is 24.3 Å². The number of carbonyl (C=O) groups is 2. The number of aromatic nitrogens is 3. The van der Waals surface area contributed by atoms with Gasteiger partial charge >= 0.3 is 0 Å². The molecule has 0 bridgehead atoms. The van der Waals surface area contributed by atoms with Crippen LogP contribution in [0.3, 0.4) is 0 Å². The van der Waals surface area contributed by atoms with E-state index in [0.717, 1.165) is 38.9 Å². The van der Waals surface area contributed by atoms with Crippen molar-refractivity contribution >= 4 is 11.8 Å². The van der Waals surface area contributed by atoms with Crippen molar-refractivity contribution < 1.29 is 9.59 Å². The molecule has 1 aromatic heterocycles. The number of allylic oxidation sites excluding steroid dienone is 1. The van der Waals surface area contributed by atoms with E-state index in [2.05, 4.69) is 21.1 Å². The number of hydrogen-bond donors (Lipinski definition) is 0. The summed E-state index contributed by atoms with van der Waals surface area (Å²) in [4.78, 5) is 33.3. The zero-order chi connectivity index (χ0) is 19.3. The number of aryl methyl sites for hydroxylation is 1. The van der Waals surface area contributed by atoms with Gasteiger partial charge in [0.2, 0.25) is 11.8 Å². The van der Waals surface area contributed by atoms with E-state index in [1.165, 1.54) is 37.6 Å². The van der Waals surface area contributed by atoms with Gasteiger partial charge in [0, 0.05) is 38.5 Å². The van der Waals surface area contributed by atoms with E-state index in [-0.39, 0.29) is 5.91 Å². The Morgan fingerprint density at radius 2 is 2.11 bits per heavy atom. The highest BCUT2D eigenvalue weighted by Gasteiger charge is 2.40. The number of rotatable bonds is 6. The van der Waals surface area contributed by atoms with Gasteiger partial charge in [-0.05, 0) is 50.9 Å². The predicted octanol–water partition coefficient (Wildman–Crippen LogP) is 2.40. The van der Waals surface area contributed by atoms with Crippen LogP contribution in [0.15, 0.2) is 24.3 Å². The summed E-state index contributed by atoms with van der Waals surface area (Å²) < 4.78 is 1.70. The summed E-state index contributed by atoms with van der Waals surface area (Å²) in [6.07, 6.45) is 14.4. The predicted molar refractivity (Wildman–Crippen MR) is 105 cm³/mol. The largest absolute Gasteiger partial charge is 0.342 e. The molecule has 0 saturated carbocycles. The lowest BCUT2D eigenvalue weighted by molar-refractivity contribution is -0.144. The molecule has 1 aliphatic carbocycles. The molecule has 152 valence electrons. The van der Waals surface area contributed by atoms with Crippen molar-refractivity contribution in [2.75, 3.05) is 19.6 Å². The lowest BCUT2D eigenvalue weighted by atomic mass is 9.83. The summed E-state index contributed by atoms with van der Waals surface area (Å²) in [6.45, 7) is 2.96. The molecule has 4 rings (SSSR count). The minimum atomic E-state index is 0.185. The fourth-order valence-corrected chi connectivity index (χ4v) is 4.98. The Morgan fingerprint density at radius 3 is 2.89 bits per heavy atom. The van der Waals surface area contributed by atoms with Gasteiger partial charge in [-0.3, -0.25) is 14.3 Å². The second-order valence-electron chi connectivity index (χ2n) is 8.35. The summed E-state index contributed by atoms with van der Waals surface area (Å²) in [5.41, 5.74) is 1.53. The van der Waals surface area contributed by atoms with Gasteiger partial charge in [0.05, 0.1) is 6.54 Å². The molecule has 0 radical (unpaired) electrons. The van der Waals surface area contributed by atoms with E-state index >= 15 is 0 Å². The van der Waals surface area contributed by atoms with Gasteiger partial charge in [0.15, 0.2) is 0 Å². The first-order valence-corrected chi connectivity index (χ1v) is 10.8. The quantitative estimate of drug-likeness (QED) is 0.705. The van der Waals surface area contributed by atoms with Gasteiger partial charge in [-0.2, -0.15) is 5.10 Å². The van der Waals surface area contributed by atoms with Crippen molar-refractivity contribution in [1.29, 1.82) is 0 Å². The van der Waals surface area contributed by atoms with Crippen molar-refractivity contribution in [2.45, 2.75) is 70.4 Å². The molecule has 0 spiro atoms. The van der Waals surface area contributed by atoms with E-state index in [4.69, 9.17) is 0 Å². The average Bonchev–Trinajstić information content (AvgIpc) is 3.25. The summed E-state index contributed by atoms with van der Waals surface area (Å²) in [5, 5.41) is 4.06. The van der Waals surface area contributed by atoms with E-state index in [0.29, 0.717) is 37.3 Å². The number of fused-ring (bicyclic) bond motifs is 1. The molecule has 2 atom stereocenters. The molecule has 2 fully saturated rings. The standard InChI is InChI=1S/C21H31N5O2/c27-20(10-12-25-16-22-15-23-25)24-11-9-19-18(14-24)6-7-21(28)26(19)13-8-17-4-2-1-3-5-17/h4,15-16,18-19H,1-3,5-14H2/t18-,19+/m1/s1. The molecular weight excluding hydrogens is 354 g/mol. The molecule has 7 heteroatoms. The number of piperidine rings is 2. The summed E-state index contributed by atoms with van der Waals surface area (Å²) >= 11 is 0. The third-order valence-corrected chi connectivity index (χ3v) is 6.58. The Kier molecular flexibility index (Phi) is 6.07. The normalized spacial score (nSPS) is 25.4. The topological polar surface area (TPSA) is 71.3 Å². The second kappa shape index (κ2) is 8.88. The Hall–Kier alpha value is -2.18. The van der Waals surface area contributed by atoms with E-state index in [9.17, 15) is 9.59 Å². The Bertz CT molecular complexity index is 714. The number of nitrogens with zero attached hydrogens (tertiary/aromatic N) is 5. The Balaban J connectivity index is 1.30. The molecule has 2 saturated heterocycles. The van der Waals surface area contributed by atoms with Crippen LogP contribution in [0.2, 0.25) is 0 Å². The highest BCUT2D eigenvalue weighted by Crippen LogP contribution is 2.32. The first kappa shape index (κ1) is 19.2. The van der Waals surface area contributed by atoms with Crippen LogP contribution in [-0.2, 0) is 16.1 Å². The van der Waals surface area contributed by atoms with Gasteiger partial charge in [-0.15, -0.1) is 0 Å². The van der Waals surface area contributed by atoms with Crippen LogP contribution in [0.25, 0.3) is 0 Å². The first-order valence-electron chi connectivity index (χ1n) is 10.8. The maximum absolute atomic E-state index is 12.6. The molecule has 28 heavy (non-hydrogen) atoms. The van der Waals surface area contributed by atoms with Gasteiger partial charge in [-0.25, -0.2) is 4.98 Å². The number of hydrogen-bond acceptors (Lipinski definition) is 4. The van der Waals surface area contributed by atoms with Crippen molar-refractivity contribution in [2.24, 2.45) is 5.92 Å². The molecule has 2 aliphatic heterocycles. The monoisotopic (exact) mass is 385 g/mol. The average molecular weight is 386 g/mol. The molecule has 2 amide bonds. The lowest BCUT2D eigenvalue weighted by Gasteiger charge is -2.47. The fraction of sp³-hybridized carbons (Fsp3) is 0.714. The van der Waals surface area contributed by atoms with Gasteiger partial charge in [-0.1, -0.05) is 11.6 Å². The van der Waals surface area contributed by atoms with Gasteiger partial charge in [0.25, 0.3) is 0 Å². The first-order chi connectivity index (χ1) is 13.7. The fourth-order valence-electron chi connectivity index (χ4n) is 4.98. The van der Waals surface area contributed by atoms with Crippen LogP contribution < -0.4 is 0 Å². The maximum Gasteiger partial charge on any atom is 0.224 e. The lowest BCUT2D eigenvalue weighted by Crippen LogP contribution is -2.57. The minimum absolute atomic E-state index is 0.185. The zero-order valence-electron chi connectivity index (χ0n) is 16.6. The van der Waals surface area contributed by atoms with Crippen molar-refractivity contribution in [1.82, 2.24) is 24.6 Å². The highest BCUT2D eigenvalue weighted by molar-refractivity contribution is 5.78. The summed E-state index contributed by atoms with van der Waals surface area (Å²) in [6, 6.07) is 0.310. The highest BCUT2D eigenvalue weighted by atomic mass is 16.2. The van der Waals surface area contributed by atoms with Gasteiger partial charge in [0.1, 0.15) is 12.7 Å². The smallest absolute Gasteiger partial charge is 0.224 e. The van der Waals surface area contributed by atoms with Crippen LogP contribution in [0.4, 0.5) is 0 Å². The third-order valence-electron chi connectivity index (χ3n) is 6.58. The molecule has 3 aliphatic rings. The van der Waals surface area contributed by atoms with Crippen molar-refractivity contribution in [3.8, 4) is 0 Å². The maximum atomic E-state index is 12.6. The summed E-state index contributed by atoms with van der Waals surface area (Å²) in [5.74, 6) is 0.912. The molecular formula is C21H31N5O2. The molecule has 0 aromatic carbocycles. The molecule has 7 nitrogen and oxygen atoms in total. The summed E-state index contributed by atoms with van der Waals surface area (Å²) in [7, 11) is 0. The van der Waals surface area contributed by atoms with E-state index < -0.39 is 0 Å². The SMILES string of the molecule is O=C(CCn1cncn1)N1CC[C@H]2[C@H](CCC(=O)N2CCC2=CCCCC2)C1. The molecule has 3 heterocycles. The third kappa shape index (κ3) is 4.45.